The minimum atomic E-state index is -0.259. The summed E-state index contributed by atoms with van der Waals surface area (Å²) in [4.78, 5) is 12.3. The SMILES string of the molecule is CC[C@H](C)C(=O)C(C)(C)Cc1ccc(C)cc1. The molecule has 0 aliphatic rings. The molecule has 0 heterocycles. The van der Waals surface area contributed by atoms with Crippen molar-refractivity contribution in [3.63, 3.8) is 0 Å². The molecule has 0 amide bonds. The van der Waals surface area contributed by atoms with Gasteiger partial charge in [-0.25, -0.2) is 0 Å². The lowest BCUT2D eigenvalue weighted by atomic mass is 9.76. The highest BCUT2D eigenvalue weighted by atomic mass is 16.1. The highest BCUT2D eigenvalue weighted by molar-refractivity contribution is 5.86. The summed E-state index contributed by atoms with van der Waals surface area (Å²) < 4.78 is 0. The first-order valence-electron chi connectivity index (χ1n) is 6.46. The maximum atomic E-state index is 12.3. The fourth-order valence-corrected chi connectivity index (χ4v) is 2.16. The summed E-state index contributed by atoms with van der Waals surface area (Å²) in [5.41, 5.74) is 2.25. The van der Waals surface area contributed by atoms with Crippen molar-refractivity contribution in [1.29, 1.82) is 0 Å². The Morgan fingerprint density at radius 3 is 2.24 bits per heavy atom. The smallest absolute Gasteiger partial charge is 0.141 e. The summed E-state index contributed by atoms with van der Waals surface area (Å²) in [6, 6.07) is 8.47. The van der Waals surface area contributed by atoms with Crippen LogP contribution in [0.15, 0.2) is 24.3 Å². The van der Waals surface area contributed by atoms with Gasteiger partial charge in [-0.15, -0.1) is 0 Å². The Hall–Kier alpha value is -1.11. The van der Waals surface area contributed by atoms with Crippen LogP contribution >= 0.6 is 0 Å². The van der Waals surface area contributed by atoms with E-state index in [1.807, 2.05) is 6.92 Å². The second kappa shape index (κ2) is 5.48. The zero-order valence-electron chi connectivity index (χ0n) is 11.7. The lowest BCUT2D eigenvalue weighted by Gasteiger charge is -2.26. The molecule has 0 aliphatic carbocycles. The molecule has 1 aromatic rings. The Kier molecular flexibility index (Phi) is 4.50. The van der Waals surface area contributed by atoms with E-state index in [2.05, 4.69) is 52.0 Å². The van der Waals surface area contributed by atoms with Crippen molar-refractivity contribution >= 4 is 5.78 Å². The van der Waals surface area contributed by atoms with Crippen LogP contribution in [0.5, 0.6) is 0 Å². The van der Waals surface area contributed by atoms with Crippen molar-refractivity contribution in [2.45, 2.75) is 47.5 Å². The van der Waals surface area contributed by atoms with E-state index in [-0.39, 0.29) is 11.3 Å². The molecule has 1 nitrogen and oxygen atoms in total. The Bertz CT molecular complexity index is 373. The van der Waals surface area contributed by atoms with Gasteiger partial charge in [0.15, 0.2) is 0 Å². The number of carbonyl (C=O) groups is 1. The number of benzene rings is 1. The molecule has 0 aliphatic heterocycles. The number of Topliss-reactive ketones (excluding diaryl/α,β-unsaturated/α-hetero) is 1. The summed E-state index contributed by atoms with van der Waals surface area (Å²) in [6.45, 7) is 10.3. The minimum Gasteiger partial charge on any atom is -0.299 e. The van der Waals surface area contributed by atoms with E-state index in [1.54, 1.807) is 0 Å². The van der Waals surface area contributed by atoms with Gasteiger partial charge < -0.3 is 0 Å². The minimum absolute atomic E-state index is 0.162. The number of ketones is 1. The molecule has 1 atom stereocenters. The van der Waals surface area contributed by atoms with Gasteiger partial charge in [0.1, 0.15) is 5.78 Å². The van der Waals surface area contributed by atoms with Gasteiger partial charge in [0.2, 0.25) is 0 Å². The van der Waals surface area contributed by atoms with E-state index in [0.29, 0.717) is 5.78 Å². The number of hydrogen-bond acceptors (Lipinski definition) is 1. The molecule has 94 valence electrons. The van der Waals surface area contributed by atoms with Crippen LogP contribution in [0.4, 0.5) is 0 Å². The number of hydrogen-bond donors (Lipinski definition) is 0. The zero-order chi connectivity index (χ0) is 13.1. The molecule has 1 rings (SSSR count). The summed E-state index contributed by atoms with van der Waals surface area (Å²) >= 11 is 0. The predicted octanol–water partition coefficient (Wildman–Crippen LogP) is 4.18. The van der Waals surface area contributed by atoms with Gasteiger partial charge in [-0.05, 0) is 25.3 Å². The molecule has 0 spiro atoms. The fourth-order valence-electron chi connectivity index (χ4n) is 2.16. The van der Waals surface area contributed by atoms with Crippen LogP contribution in [0.3, 0.4) is 0 Å². The maximum Gasteiger partial charge on any atom is 0.141 e. The Morgan fingerprint density at radius 2 is 1.76 bits per heavy atom. The first-order chi connectivity index (χ1) is 7.86. The van der Waals surface area contributed by atoms with Crippen molar-refractivity contribution in [3.8, 4) is 0 Å². The van der Waals surface area contributed by atoms with Gasteiger partial charge in [0.25, 0.3) is 0 Å². The standard InChI is InChI=1S/C16H24O/c1-6-13(3)15(17)16(4,5)11-14-9-7-12(2)8-10-14/h7-10,13H,6,11H2,1-5H3/t13-/m0/s1. The van der Waals surface area contributed by atoms with Gasteiger partial charge in [-0.1, -0.05) is 57.5 Å². The summed E-state index contributed by atoms with van der Waals surface area (Å²) in [5, 5.41) is 0. The van der Waals surface area contributed by atoms with E-state index < -0.39 is 0 Å². The van der Waals surface area contributed by atoms with E-state index in [0.717, 1.165) is 12.8 Å². The number of rotatable bonds is 5. The monoisotopic (exact) mass is 232 g/mol. The van der Waals surface area contributed by atoms with Crippen LogP contribution in [-0.2, 0) is 11.2 Å². The third-order valence-corrected chi connectivity index (χ3v) is 3.49. The van der Waals surface area contributed by atoms with Gasteiger partial charge in [-0.3, -0.25) is 4.79 Å². The van der Waals surface area contributed by atoms with Crippen molar-refractivity contribution in [2.24, 2.45) is 11.3 Å². The predicted molar refractivity (Wildman–Crippen MR) is 73.1 cm³/mol. The molecule has 0 unspecified atom stereocenters. The molecule has 0 aromatic heterocycles. The zero-order valence-corrected chi connectivity index (χ0v) is 11.7. The molecule has 1 aromatic carbocycles. The third-order valence-electron chi connectivity index (χ3n) is 3.49. The van der Waals surface area contributed by atoms with E-state index >= 15 is 0 Å². The fraction of sp³-hybridized carbons (Fsp3) is 0.562. The molecule has 0 fully saturated rings. The lowest BCUT2D eigenvalue weighted by molar-refractivity contribution is -0.130. The molecule has 0 bridgehead atoms. The summed E-state index contributed by atoms with van der Waals surface area (Å²) in [7, 11) is 0. The first kappa shape index (κ1) is 14.0. The maximum absolute atomic E-state index is 12.3. The van der Waals surface area contributed by atoms with Crippen molar-refractivity contribution in [2.75, 3.05) is 0 Å². The van der Waals surface area contributed by atoms with E-state index in [4.69, 9.17) is 0 Å². The quantitative estimate of drug-likeness (QED) is 0.744. The van der Waals surface area contributed by atoms with Crippen LogP contribution < -0.4 is 0 Å². The Labute approximate surface area is 105 Å². The first-order valence-corrected chi connectivity index (χ1v) is 6.46. The van der Waals surface area contributed by atoms with E-state index in [9.17, 15) is 4.79 Å². The highest BCUT2D eigenvalue weighted by Gasteiger charge is 2.30. The van der Waals surface area contributed by atoms with Crippen molar-refractivity contribution in [1.82, 2.24) is 0 Å². The molecular formula is C16H24O. The van der Waals surface area contributed by atoms with Crippen LogP contribution in [-0.4, -0.2) is 5.78 Å². The largest absolute Gasteiger partial charge is 0.299 e. The van der Waals surface area contributed by atoms with Gasteiger partial charge in [-0.2, -0.15) is 0 Å². The lowest BCUT2D eigenvalue weighted by Crippen LogP contribution is -2.31. The molecular weight excluding hydrogens is 208 g/mol. The number of aryl methyl sites for hydroxylation is 1. The Balaban J connectivity index is 2.78. The summed E-state index contributed by atoms with van der Waals surface area (Å²) in [6.07, 6.45) is 1.76. The molecule has 0 N–H and O–H groups in total. The van der Waals surface area contributed by atoms with Crippen LogP contribution in [0.1, 0.15) is 45.2 Å². The van der Waals surface area contributed by atoms with Gasteiger partial charge >= 0.3 is 0 Å². The second-order valence-corrected chi connectivity index (χ2v) is 5.72. The molecule has 0 saturated carbocycles. The van der Waals surface area contributed by atoms with Crippen LogP contribution in [0.25, 0.3) is 0 Å². The average molecular weight is 232 g/mol. The number of carbonyl (C=O) groups excluding carboxylic acids is 1. The van der Waals surface area contributed by atoms with Crippen LogP contribution in [0, 0.1) is 18.3 Å². The normalized spacial score (nSPS) is 13.5. The van der Waals surface area contributed by atoms with Crippen LogP contribution in [0.2, 0.25) is 0 Å². The molecule has 0 saturated heterocycles. The summed E-state index contributed by atoms with van der Waals surface area (Å²) in [5.74, 6) is 0.538. The molecule has 0 radical (unpaired) electrons. The van der Waals surface area contributed by atoms with Gasteiger partial charge in [0, 0.05) is 11.3 Å². The highest BCUT2D eigenvalue weighted by Crippen LogP contribution is 2.27. The van der Waals surface area contributed by atoms with E-state index in [1.165, 1.54) is 11.1 Å². The Morgan fingerprint density at radius 1 is 1.24 bits per heavy atom. The van der Waals surface area contributed by atoms with Gasteiger partial charge in [0.05, 0.1) is 0 Å². The second-order valence-electron chi connectivity index (χ2n) is 5.72. The third kappa shape index (κ3) is 3.69. The topological polar surface area (TPSA) is 17.1 Å². The van der Waals surface area contributed by atoms with Crippen molar-refractivity contribution in [3.05, 3.63) is 35.4 Å². The molecule has 1 heteroatoms. The average Bonchev–Trinajstić information content (AvgIpc) is 2.30. The molecule has 17 heavy (non-hydrogen) atoms. The van der Waals surface area contributed by atoms with Crippen molar-refractivity contribution < 1.29 is 4.79 Å².